The average molecular weight is 224 g/mol. The second-order valence-electron chi connectivity index (χ2n) is 5.97. The van der Waals surface area contributed by atoms with Gasteiger partial charge in [0.1, 0.15) is 0 Å². The lowest BCUT2D eigenvalue weighted by Crippen LogP contribution is -2.63. The van der Waals surface area contributed by atoms with Crippen LogP contribution in [0.15, 0.2) is 0 Å². The number of nitrogens with one attached hydrogen (secondary N) is 1. The third kappa shape index (κ3) is 2.60. The lowest BCUT2D eigenvalue weighted by molar-refractivity contribution is 0.0430. The number of hydrogen-bond donors (Lipinski definition) is 1. The van der Waals surface area contributed by atoms with Crippen LogP contribution in [-0.2, 0) is 0 Å². The van der Waals surface area contributed by atoms with Crippen LogP contribution in [0.2, 0.25) is 0 Å². The van der Waals surface area contributed by atoms with Crippen molar-refractivity contribution in [2.45, 2.75) is 64.5 Å². The molecule has 1 saturated heterocycles. The van der Waals surface area contributed by atoms with Crippen LogP contribution in [0.4, 0.5) is 0 Å². The highest BCUT2D eigenvalue weighted by atomic mass is 15.3. The minimum Gasteiger partial charge on any atom is -0.311 e. The van der Waals surface area contributed by atoms with E-state index in [-0.39, 0.29) is 0 Å². The van der Waals surface area contributed by atoms with Crippen molar-refractivity contribution in [2.75, 3.05) is 19.6 Å². The average Bonchev–Trinajstić information content (AvgIpc) is 3.12. The van der Waals surface area contributed by atoms with Gasteiger partial charge in [0.05, 0.1) is 0 Å². The lowest BCUT2D eigenvalue weighted by atomic mass is 9.90. The van der Waals surface area contributed by atoms with Gasteiger partial charge in [-0.15, -0.1) is 0 Å². The number of unbranched alkanes of at least 4 members (excludes halogenated alkanes) is 1. The second kappa shape index (κ2) is 5.05. The molecule has 16 heavy (non-hydrogen) atoms. The fourth-order valence-electron chi connectivity index (χ4n) is 2.86. The topological polar surface area (TPSA) is 15.3 Å². The molecule has 1 aliphatic carbocycles. The van der Waals surface area contributed by atoms with E-state index in [4.69, 9.17) is 0 Å². The number of nitrogens with zero attached hydrogens (tertiary/aromatic N) is 1. The molecule has 0 aromatic rings. The minimum absolute atomic E-state index is 0.403. The van der Waals surface area contributed by atoms with Gasteiger partial charge in [-0.1, -0.05) is 20.3 Å². The predicted octanol–water partition coefficient (Wildman–Crippen LogP) is 2.64. The Morgan fingerprint density at radius 2 is 2.06 bits per heavy atom. The van der Waals surface area contributed by atoms with Gasteiger partial charge in [0.15, 0.2) is 0 Å². The van der Waals surface area contributed by atoms with Crippen molar-refractivity contribution in [3.05, 3.63) is 0 Å². The van der Waals surface area contributed by atoms with E-state index >= 15 is 0 Å². The summed E-state index contributed by atoms with van der Waals surface area (Å²) >= 11 is 0. The Bertz CT molecular complexity index is 225. The van der Waals surface area contributed by atoms with E-state index in [1.54, 1.807) is 0 Å². The molecular weight excluding hydrogens is 196 g/mol. The fourth-order valence-corrected chi connectivity index (χ4v) is 2.86. The molecule has 2 unspecified atom stereocenters. The molecule has 1 aliphatic heterocycles. The molecule has 0 spiro atoms. The quantitative estimate of drug-likeness (QED) is 0.772. The van der Waals surface area contributed by atoms with Gasteiger partial charge in [0.25, 0.3) is 0 Å². The number of rotatable bonds is 5. The molecule has 0 aromatic carbocycles. The lowest BCUT2D eigenvalue weighted by Gasteiger charge is -2.48. The number of piperazine rings is 1. The first-order valence-corrected chi connectivity index (χ1v) is 7.18. The first kappa shape index (κ1) is 12.4. The molecule has 2 heteroatoms. The van der Waals surface area contributed by atoms with Crippen molar-refractivity contribution in [2.24, 2.45) is 5.92 Å². The van der Waals surface area contributed by atoms with Gasteiger partial charge in [-0.05, 0) is 45.1 Å². The van der Waals surface area contributed by atoms with E-state index in [0.29, 0.717) is 5.54 Å². The van der Waals surface area contributed by atoms with Crippen LogP contribution in [0.25, 0.3) is 0 Å². The molecule has 1 saturated carbocycles. The third-order valence-corrected chi connectivity index (χ3v) is 4.66. The minimum atomic E-state index is 0.403. The van der Waals surface area contributed by atoms with Crippen molar-refractivity contribution < 1.29 is 0 Å². The molecule has 0 amide bonds. The van der Waals surface area contributed by atoms with E-state index < -0.39 is 0 Å². The van der Waals surface area contributed by atoms with Crippen molar-refractivity contribution >= 4 is 0 Å². The zero-order chi connectivity index (χ0) is 11.6. The normalized spacial score (nSPS) is 36.6. The van der Waals surface area contributed by atoms with Gasteiger partial charge in [0.2, 0.25) is 0 Å². The van der Waals surface area contributed by atoms with Gasteiger partial charge in [0, 0.05) is 24.7 Å². The summed E-state index contributed by atoms with van der Waals surface area (Å²) in [5.74, 6) is 0.991. The van der Waals surface area contributed by atoms with Gasteiger partial charge in [-0.3, -0.25) is 4.90 Å². The van der Waals surface area contributed by atoms with Gasteiger partial charge in [-0.2, -0.15) is 0 Å². The summed E-state index contributed by atoms with van der Waals surface area (Å²) in [6.07, 6.45) is 6.86. The van der Waals surface area contributed by atoms with Crippen molar-refractivity contribution in [3.63, 3.8) is 0 Å². The fraction of sp³-hybridized carbons (Fsp3) is 1.00. The van der Waals surface area contributed by atoms with E-state index in [9.17, 15) is 0 Å². The Hall–Kier alpha value is -0.0800. The molecule has 2 aliphatic rings. The summed E-state index contributed by atoms with van der Waals surface area (Å²) in [4.78, 5) is 2.76. The summed E-state index contributed by atoms with van der Waals surface area (Å²) in [6.45, 7) is 10.8. The van der Waals surface area contributed by atoms with Gasteiger partial charge >= 0.3 is 0 Å². The zero-order valence-corrected chi connectivity index (χ0v) is 11.3. The van der Waals surface area contributed by atoms with Crippen molar-refractivity contribution in [1.82, 2.24) is 10.2 Å². The summed E-state index contributed by atoms with van der Waals surface area (Å²) < 4.78 is 0. The van der Waals surface area contributed by atoms with Crippen LogP contribution in [-0.4, -0.2) is 36.1 Å². The molecule has 2 rings (SSSR count). The van der Waals surface area contributed by atoms with Crippen LogP contribution in [0.1, 0.15) is 52.9 Å². The van der Waals surface area contributed by atoms with Gasteiger partial charge in [-0.25, -0.2) is 0 Å². The van der Waals surface area contributed by atoms with E-state index in [1.807, 2.05) is 0 Å². The van der Waals surface area contributed by atoms with E-state index in [2.05, 4.69) is 31.0 Å². The largest absolute Gasteiger partial charge is 0.311 e. The predicted molar refractivity (Wildman–Crippen MR) is 69.7 cm³/mol. The highest BCUT2D eigenvalue weighted by Crippen LogP contribution is 2.36. The molecule has 2 fully saturated rings. The third-order valence-electron chi connectivity index (χ3n) is 4.66. The summed E-state index contributed by atoms with van der Waals surface area (Å²) in [6, 6.07) is 0.788. The molecule has 0 bridgehead atoms. The number of hydrogen-bond acceptors (Lipinski definition) is 2. The van der Waals surface area contributed by atoms with Crippen LogP contribution >= 0.6 is 0 Å². The second-order valence-corrected chi connectivity index (χ2v) is 5.97. The maximum Gasteiger partial charge on any atom is 0.0303 e. The highest BCUT2D eigenvalue weighted by molar-refractivity contribution is 4.99. The Morgan fingerprint density at radius 3 is 2.62 bits per heavy atom. The Labute approximate surface area is 101 Å². The molecule has 1 N–H and O–H groups in total. The van der Waals surface area contributed by atoms with Crippen LogP contribution in [0, 0.1) is 5.92 Å². The highest BCUT2D eigenvalue weighted by Gasteiger charge is 2.41. The molecule has 0 aromatic heterocycles. The van der Waals surface area contributed by atoms with Crippen LogP contribution in [0.5, 0.6) is 0 Å². The summed E-state index contributed by atoms with van der Waals surface area (Å²) in [7, 11) is 0. The van der Waals surface area contributed by atoms with E-state index in [1.165, 1.54) is 51.7 Å². The first-order chi connectivity index (χ1) is 7.69. The maximum absolute atomic E-state index is 3.79. The Balaban J connectivity index is 1.94. The van der Waals surface area contributed by atoms with E-state index in [0.717, 1.165) is 12.0 Å². The summed E-state index contributed by atoms with van der Waals surface area (Å²) in [5.41, 5.74) is 0.403. The Kier molecular flexibility index (Phi) is 3.91. The molecule has 0 radical (unpaired) electrons. The zero-order valence-electron chi connectivity index (χ0n) is 11.3. The van der Waals surface area contributed by atoms with Crippen molar-refractivity contribution in [1.29, 1.82) is 0 Å². The van der Waals surface area contributed by atoms with Crippen LogP contribution in [0.3, 0.4) is 0 Å². The first-order valence-electron chi connectivity index (χ1n) is 7.18. The standard InChI is InChI=1S/C14H28N2/c1-4-6-9-16-10-13(12-7-8-12)15-11-14(16,3)5-2/h12-13,15H,4-11H2,1-3H3. The SMILES string of the molecule is CCCCN1CC(C2CC2)NCC1(C)CC. The molecule has 2 atom stereocenters. The summed E-state index contributed by atoms with van der Waals surface area (Å²) in [5, 5.41) is 3.79. The molecule has 2 nitrogen and oxygen atoms in total. The Morgan fingerprint density at radius 1 is 1.31 bits per heavy atom. The van der Waals surface area contributed by atoms with Crippen LogP contribution < -0.4 is 5.32 Å². The molecule has 1 heterocycles. The molecular formula is C14H28N2. The van der Waals surface area contributed by atoms with Crippen molar-refractivity contribution in [3.8, 4) is 0 Å². The maximum atomic E-state index is 3.79. The smallest absolute Gasteiger partial charge is 0.0303 e. The van der Waals surface area contributed by atoms with Gasteiger partial charge < -0.3 is 5.32 Å². The molecule has 94 valence electrons. The monoisotopic (exact) mass is 224 g/mol.